The number of hydrogen-bond donors (Lipinski definition) is 1. The van der Waals surface area contributed by atoms with E-state index in [-0.39, 0.29) is 5.56 Å². The number of ether oxygens (including phenoxy) is 1. The van der Waals surface area contributed by atoms with Crippen molar-refractivity contribution in [3.05, 3.63) is 59.2 Å². The number of amides is 1. The zero-order chi connectivity index (χ0) is 18.8. The molecule has 1 fully saturated rings. The van der Waals surface area contributed by atoms with E-state index in [1.54, 1.807) is 0 Å². The van der Waals surface area contributed by atoms with Gasteiger partial charge in [-0.15, -0.1) is 0 Å². The summed E-state index contributed by atoms with van der Waals surface area (Å²) in [6.45, 7) is 4.17. The summed E-state index contributed by atoms with van der Waals surface area (Å²) in [6, 6.07) is 9.06. The number of benzene rings is 2. The summed E-state index contributed by atoms with van der Waals surface area (Å²) in [4.78, 5) is 19.0. The van der Waals surface area contributed by atoms with Crippen LogP contribution in [0.25, 0.3) is 10.2 Å². The molecule has 1 aromatic heterocycles. The molecule has 27 heavy (non-hydrogen) atoms. The number of morpholine rings is 1. The number of thiazole rings is 1. The highest BCUT2D eigenvalue weighted by Crippen LogP contribution is 2.28. The maximum absolute atomic E-state index is 13.3. The standard InChI is InChI=1S/C19H17F2N3O2S/c20-14-3-2-13(10-15(14)21)18(25)23-19-22-16-4-1-12(9-17(16)27-19)11-24-5-7-26-8-6-24/h1-4,9-10H,5-8,11H2,(H,22,23,25). The number of hydrogen-bond acceptors (Lipinski definition) is 5. The Morgan fingerprint density at radius 3 is 2.74 bits per heavy atom. The molecule has 0 unspecified atom stereocenters. The average Bonchev–Trinajstić information content (AvgIpc) is 3.06. The summed E-state index contributed by atoms with van der Waals surface area (Å²) in [5.74, 6) is -2.57. The minimum Gasteiger partial charge on any atom is -0.379 e. The number of nitrogens with one attached hydrogen (secondary N) is 1. The van der Waals surface area contributed by atoms with E-state index < -0.39 is 17.5 Å². The van der Waals surface area contributed by atoms with E-state index in [9.17, 15) is 13.6 Å². The van der Waals surface area contributed by atoms with Crippen molar-refractivity contribution in [2.75, 3.05) is 31.6 Å². The van der Waals surface area contributed by atoms with Crippen molar-refractivity contribution in [3.63, 3.8) is 0 Å². The molecule has 3 aromatic rings. The number of fused-ring (bicyclic) bond motifs is 1. The van der Waals surface area contributed by atoms with Gasteiger partial charge in [0, 0.05) is 25.2 Å². The summed E-state index contributed by atoms with van der Waals surface area (Å²) < 4.78 is 32.6. The van der Waals surface area contributed by atoms with E-state index in [0.29, 0.717) is 5.13 Å². The summed E-state index contributed by atoms with van der Waals surface area (Å²) >= 11 is 1.35. The SMILES string of the molecule is O=C(Nc1nc2ccc(CN3CCOCC3)cc2s1)c1ccc(F)c(F)c1. The molecule has 5 nitrogen and oxygen atoms in total. The van der Waals surface area contributed by atoms with Crippen molar-refractivity contribution < 1.29 is 18.3 Å². The lowest BCUT2D eigenvalue weighted by Crippen LogP contribution is -2.35. The molecule has 0 saturated carbocycles. The Morgan fingerprint density at radius 2 is 1.96 bits per heavy atom. The van der Waals surface area contributed by atoms with Crippen molar-refractivity contribution in [2.24, 2.45) is 0 Å². The molecule has 1 N–H and O–H groups in total. The fourth-order valence-electron chi connectivity index (χ4n) is 2.94. The average molecular weight is 389 g/mol. The molecular formula is C19H17F2N3O2S. The van der Waals surface area contributed by atoms with Gasteiger partial charge in [0.05, 0.1) is 23.4 Å². The maximum atomic E-state index is 13.3. The molecule has 1 saturated heterocycles. The van der Waals surface area contributed by atoms with Gasteiger partial charge in [0.2, 0.25) is 0 Å². The van der Waals surface area contributed by atoms with Gasteiger partial charge in [-0.05, 0) is 35.9 Å². The van der Waals surface area contributed by atoms with Gasteiger partial charge in [-0.25, -0.2) is 13.8 Å². The van der Waals surface area contributed by atoms with Gasteiger partial charge in [-0.1, -0.05) is 17.4 Å². The van der Waals surface area contributed by atoms with Crippen LogP contribution in [-0.2, 0) is 11.3 Å². The largest absolute Gasteiger partial charge is 0.379 e. The van der Waals surface area contributed by atoms with E-state index in [0.717, 1.165) is 55.2 Å². The van der Waals surface area contributed by atoms with E-state index in [1.807, 2.05) is 12.1 Å². The van der Waals surface area contributed by atoms with E-state index in [1.165, 1.54) is 23.0 Å². The van der Waals surface area contributed by atoms with Crippen LogP contribution in [0.5, 0.6) is 0 Å². The monoisotopic (exact) mass is 389 g/mol. The van der Waals surface area contributed by atoms with Crippen LogP contribution >= 0.6 is 11.3 Å². The van der Waals surface area contributed by atoms with Gasteiger partial charge in [0.15, 0.2) is 16.8 Å². The second kappa shape index (κ2) is 7.67. The van der Waals surface area contributed by atoms with Crippen LogP contribution in [0.1, 0.15) is 15.9 Å². The maximum Gasteiger partial charge on any atom is 0.257 e. The minimum absolute atomic E-state index is 0.0427. The Kier molecular flexibility index (Phi) is 5.11. The van der Waals surface area contributed by atoms with Crippen molar-refractivity contribution in [3.8, 4) is 0 Å². The molecule has 0 spiro atoms. The summed E-state index contributed by atoms with van der Waals surface area (Å²) in [6.07, 6.45) is 0. The van der Waals surface area contributed by atoms with Gasteiger partial charge in [-0.2, -0.15) is 0 Å². The molecule has 2 heterocycles. The molecule has 0 aliphatic carbocycles. The van der Waals surface area contributed by atoms with Crippen LogP contribution < -0.4 is 5.32 Å². The highest BCUT2D eigenvalue weighted by atomic mass is 32.1. The van der Waals surface area contributed by atoms with Crippen LogP contribution in [0.4, 0.5) is 13.9 Å². The third kappa shape index (κ3) is 4.13. The number of aromatic nitrogens is 1. The fraction of sp³-hybridized carbons (Fsp3) is 0.263. The topological polar surface area (TPSA) is 54.5 Å². The molecular weight excluding hydrogens is 372 g/mol. The number of carbonyl (C=O) groups excluding carboxylic acids is 1. The van der Waals surface area contributed by atoms with Gasteiger partial charge in [-0.3, -0.25) is 15.0 Å². The summed E-state index contributed by atoms with van der Waals surface area (Å²) in [5.41, 5.74) is 2.00. The summed E-state index contributed by atoms with van der Waals surface area (Å²) in [7, 11) is 0. The van der Waals surface area contributed by atoms with Crippen molar-refractivity contribution >= 4 is 32.6 Å². The van der Waals surface area contributed by atoms with Crippen LogP contribution in [0.3, 0.4) is 0 Å². The Morgan fingerprint density at radius 1 is 1.15 bits per heavy atom. The zero-order valence-electron chi connectivity index (χ0n) is 14.4. The first-order valence-corrected chi connectivity index (χ1v) is 9.36. The quantitative estimate of drug-likeness (QED) is 0.740. The molecule has 1 amide bonds. The lowest BCUT2D eigenvalue weighted by atomic mass is 10.2. The van der Waals surface area contributed by atoms with Gasteiger partial charge >= 0.3 is 0 Å². The van der Waals surface area contributed by atoms with Crippen molar-refractivity contribution in [2.45, 2.75) is 6.54 Å². The number of nitrogens with zero attached hydrogens (tertiary/aromatic N) is 2. The Bertz CT molecular complexity index is 986. The molecule has 1 aliphatic heterocycles. The third-order valence-corrected chi connectivity index (χ3v) is 5.30. The molecule has 1 aliphatic rings. The van der Waals surface area contributed by atoms with E-state index in [4.69, 9.17) is 4.74 Å². The number of anilines is 1. The Balaban J connectivity index is 1.49. The fourth-order valence-corrected chi connectivity index (χ4v) is 3.87. The van der Waals surface area contributed by atoms with Crippen LogP contribution in [0.2, 0.25) is 0 Å². The van der Waals surface area contributed by atoms with Gasteiger partial charge < -0.3 is 4.74 Å². The first-order chi connectivity index (χ1) is 13.1. The molecule has 0 bridgehead atoms. The Labute approximate surface area is 158 Å². The normalized spacial score (nSPS) is 15.2. The first-order valence-electron chi connectivity index (χ1n) is 8.54. The van der Waals surface area contributed by atoms with Crippen LogP contribution in [-0.4, -0.2) is 42.1 Å². The zero-order valence-corrected chi connectivity index (χ0v) is 15.2. The molecule has 0 radical (unpaired) electrons. The lowest BCUT2D eigenvalue weighted by Gasteiger charge is -2.26. The number of rotatable bonds is 4. The number of halogens is 2. The molecule has 2 aromatic carbocycles. The highest BCUT2D eigenvalue weighted by Gasteiger charge is 2.14. The molecule has 140 valence electrons. The van der Waals surface area contributed by atoms with Gasteiger partial charge in [0.25, 0.3) is 5.91 Å². The van der Waals surface area contributed by atoms with E-state index in [2.05, 4.69) is 21.3 Å². The van der Waals surface area contributed by atoms with Crippen LogP contribution in [0.15, 0.2) is 36.4 Å². The summed E-state index contributed by atoms with van der Waals surface area (Å²) in [5, 5.41) is 3.07. The molecule has 4 rings (SSSR count). The smallest absolute Gasteiger partial charge is 0.257 e. The predicted molar refractivity (Wildman–Crippen MR) is 100 cm³/mol. The molecule has 8 heteroatoms. The van der Waals surface area contributed by atoms with Crippen LogP contribution in [0, 0.1) is 11.6 Å². The number of carbonyl (C=O) groups is 1. The predicted octanol–water partition coefficient (Wildman–Crippen LogP) is 3.66. The minimum atomic E-state index is -1.06. The third-order valence-electron chi connectivity index (χ3n) is 4.36. The second-order valence-corrected chi connectivity index (χ2v) is 7.32. The highest BCUT2D eigenvalue weighted by molar-refractivity contribution is 7.22. The first kappa shape index (κ1) is 18.0. The second-order valence-electron chi connectivity index (χ2n) is 6.29. The van der Waals surface area contributed by atoms with Gasteiger partial charge in [0.1, 0.15) is 0 Å². The van der Waals surface area contributed by atoms with Crippen molar-refractivity contribution in [1.82, 2.24) is 9.88 Å². The van der Waals surface area contributed by atoms with Crippen molar-refractivity contribution in [1.29, 1.82) is 0 Å². The Hall–Kier alpha value is -2.42. The lowest BCUT2D eigenvalue weighted by molar-refractivity contribution is 0.0342. The van der Waals surface area contributed by atoms with E-state index >= 15 is 0 Å². The molecule has 0 atom stereocenters.